The molecule has 0 bridgehead atoms. The number of aromatic hydroxyl groups is 1. The summed E-state index contributed by atoms with van der Waals surface area (Å²) in [6, 6.07) is 23.7. The molecule has 0 spiro atoms. The SMILES string of the molecule is CC/C(=C(\c1ccc(O)cc1)c1ccc(OCCN(CC)CC)cc1)c1ccc2oc(Cl)cc2c1. The topological polar surface area (TPSA) is 45.8 Å². The van der Waals surface area contributed by atoms with Crippen molar-refractivity contribution in [2.45, 2.75) is 27.2 Å². The standard InChI is InChI=1S/C30H32ClNO3/c1-4-27(23-11-16-28-24(19-23)20-29(31)35-28)30(21-7-12-25(33)13-8-21)22-9-14-26(15-10-22)34-18-17-32(5-2)6-3/h7-16,19-20,33H,4-6,17-18H2,1-3H3/b30-27-. The molecule has 4 nitrogen and oxygen atoms in total. The number of ether oxygens (including phenoxy) is 1. The molecule has 0 saturated heterocycles. The van der Waals surface area contributed by atoms with Crippen LogP contribution in [-0.4, -0.2) is 36.2 Å². The van der Waals surface area contributed by atoms with Crippen LogP contribution in [0.3, 0.4) is 0 Å². The zero-order valence-electron chi connectivity index (χ0n) is 20.6. The molecule has 0 aliphatic carbocycles. The minimum absolute atomic E-state index is 0.248. The summed E-state index contributed by atoms with van der Waals surface area (Å²) in [4.78, 5) is 2.34. The van der Waals surface area contributed by atoms with Crippen LogP contribution in [0.1, 0.15) is 43.9 Å². The van der Waals surface area contributed by atoms with E-state index in [1.807, 2.05) is 36.4 Å². The smallest absolute Gasteiger partial charge is 0.194 e. The molecule has 0 atom stereocenters. The number of benzene rings is 3. The van der Waals surface area contributed by atoms with Crippen LogP contribution in [0.25, 0.3) is 22.1 Å². The van der Waals surface area contributed by atoms with Gasteiger partial charge in [0.15, 0.2) is 5.22 Å². The van der Waals surface area contributed by atoms with E-state index in [0.29, 0.717) is 11.8 Å². The van der Waals surface area contributed by atoms with Crippen molar-refractivity contribution in [1.29, 1.82) is 0 Å². The fourth-order valence-corrected chi connectivity index (χ4v) is 4.62. The number of hydrogen-bond acceptors (Lipinski definition) is 4. The number of hydrogen-bond donors (Lipinski definition) is 1. The molecule has 1 heterocycles. The van der Waals surface area contributed by atoms with Gasteiger partial charge in [0.1, 0.15) is 23.7 Å². The molecular weight excluding hydrogens is 458 g/mol. The second-order valence-corrected chi connectivity index (χ2v) is 8.83. The summed E-state index contributed by atoms with van der Waals surface area (Å²) in [5, 5.41) is 11.2. The first-order chi connectivity index (χ1) is 17.0. The van der Waals surface area contributed by atoms with Crippen molar-refractivity contribution >= 4 is 33.7 Å². The Balaban J connectivity index is 1.72. The van der Waals surface area contributed by atoms with Crippen molar-refractivity contribution in [2.24, 2.45) is 0 Å². The lowest BCUT2D eigenvalue weighted by Crippen LogP contribution is -2.27. The highest BCUT2D eigenvalue weighted by Crippen LogP contribution is 2.37. The van der Waals surface area contributed by atoms with Gasteiger partial charge in [0.05, 0.1) is 0 Å². The Morgan fingerprint density at radius 3 is 2.11 bits per heavy atom. The monoisotopic (exact) mass is 489 g/mol. The predicted octanol–water partition coefficient (Wildman–Crippen LogP) is 7.88. The van der Waals surface area contributed by atoms with Crippen molar-refractivity contribution in [3.05, 3.63) is 94.7 Å². The Bertz CT molecular complexity index is 1290. The summed E-state index contributed by atoms with van der Waals surface area (Å²) in [7, 11) is 0. The maximum absolute atomic E-state index is 9.88. The van der Waals surface area contributed by atoms with Gasteiger partial charge >= 0.3 is 0 Å². The number of nitrogens with zero attached hydrogens (tertiary/aromatic N) is 1. The van der Waals surface area contributed by atoms with Crippen LogP contribution < -0.4 is 4.74 Å². The van der Waals surface area contributed by atoms with Crippen molar-refractivity contribution in [3.8, 4) is 11.5 Å². The number of fused-ring (bicyclic) bond motifs is 1. The molecule has 5 heteroatoms. The summed E-state index contributed by atoms with van der Waals surface area (Å²) < 4.78 is 11.6. The van der Waals surface area contributed by atoms with Crippen LogP contribution in [0.4, 0.5) is 0 Å². The molecule has 0 aliphatic heterocycles. The molecule has 3 aromatic carbocycles. The maximum Gasteiger partial charge on any atom is 0.194 e. The fourth-order valence-electron chi connectivity index (χ4n) is 4.42. The van der Waals surface area contributed by atoms with E-state index in [1.54, 1.807) is 12.1 Å². The zero-order chi connectivity index (χ0) is 24.8. The number of allylic oxidation sites excluding steroid dienone is 1. The molecule has 35 heavy (non-hydrogen) atoms. The van der Waals surface area contributed by atoms with E-state index in [-0.39, 0.29) is 5.75 Å². The highest BCUT2D eigenvalue weighted by Gasteiger charge is 2.15. The molecule has 0 fully saturated rings. The molecule has 1 aromatic heterocycles. The largest absolute Gasteiger partial charge is 0.508 e. The lowest BCUT2D eigenvalue weighted by molar-refractivity contribution is 0.223. The minimum Gasteiger partial charge on any atom is -0.508 e. The van der Waals surface area contributed by atoms with Gasteiger partial charge in [0, 0.05) is 18.0 Å². The first-order valence-electron chi connectivity index (χ1n) is 12.2. The third kappa shape index (κ3) is 5.90. The van der Waals surface area contributed by atoms with Gasteiger partial charge in [0.25, 0.3) is 0 Å². The van der Waals surface area contributed by atoms with Gasteiger partial charge in [-0.2, -0.15) is 0 Å². The van der Waals surface area contributed by atoms with Crippen molar-refractivity contribution in [3.63, 3.8) is 0 Å². The van der Waals surface area contributed by atoms with Gasteiger partial charge in [-0.25, -0.2) is 0 Å². The number of phenols is 1. The molecule has 4 rings (SSSR count). The van der Waals surface area contributed by atoms with Gasteiger partial charge in [0.2, 0.25) is 0 Å². The van der Waals surface area contributed by atoms with Gasteiger partial charge < -0.3 is 19.2 Å². The lowest BCUT2D eigenvalue weighted by atomic mass is 9.88. The lowest BCUT2D eigenvalue weighted by Gasteiger charge is -2.19. The first kappa shape index (κ1) is 24.9. The average molecular weight is 490 g/mol. The number of likely N-dealkylation sites (N-methyl/N-ethyl adjacent to an activating group) is 1. The summed E-state index contributed by atoms with van der Waals surface area (Å²) >= 11 is 6.09. The summed E-state index contributed by atoms with van der Waals surface area (Å²) in [6.45, 7) is 10.1. The summed E-state index contributed by atoms with van der Waals surface area (Å²) in [6.07, 6.45) is 0.829. The average Bonchev–Trinajstić information content (AvgIpc) is 3.25. The Morgan fingerprint density at radius 1 is 0.857 bits per heavy atom. The highest BCUT2D eigenvalue weighted by molar-refractivity contribution is 6.29. The number of phenolic OH excluding ortho intramolecular Hbond substituents is 1. The molecule has 0 aliphatic rings. The van der Waals surface area contributed by atoms with E-state index in [9.17, 15) is 5.11 Å². The van der Waals surface area contributed by atoms with Crippen molar-refractivity contribution in [1.82, 2.24) is 4.90 Å². The van der Waals surface area contributed by atoms with E-state index in [2.05, 4.69) is 49.9 Å². The molecule has 0 saturated carbocycles. The number of furan rings is 1. The van der Waals surface area contributed by atoms with Crippen LogP contribution >= 0.6 is 11.6 Å². The van der Waals surface area contributed by atoms with E-state index in [1.165, 1.54) is 5.57 Å². The summed E-state index contributed by atoms with van der Waals surface area (Å²) in [5.74, 6) is 1.11. The van der Waals surface area contributed by atoms with E-state index in [4.69, 9.17) is 20.8 Å². The third-order valence-electron chi connectivity index (χ3n) is 6.36. The van der Waals surface area contributed by atoms with Gasteiger partial charge in [-0.3, -0.25) is 0 Å². The molecule has 1 N–H and O–H groups in total. The van der Waals surface area contributed by atoms with Crippen molar-refractivity contribution in [2.75, 3.05) is 26.2 Å². The van der Waals surface area contributed by atoms with Gasteiger partial charge in [-0.05, 0) is 95.3 Å². The Kier molecular flexibility index (Phi) is 8.17. The number of halogens is 1. The third-order valence-corrected chi connectivity index (χ3v) is 6.55. The van der Waals surface area contributed by atoms with E-state index < -0.39 is 0 Å². The van der Waals surface area contributed by atoms with Crippen LogP contribution in [-0.2, 0) is 0 Å². The van der Waals surface area contributed by atoms with Crippen LogP contribution in [0.5, 0.6) is 11.5 Å². The molecule has 0 unspecified atom stereocenters. The van der Waals surface area contributed by atoms with Gasteiger partial charge in [-0.15, -0.1) is 0 Å². The van der Waals surface area contributed by atoms with Crippen molar-refractivity contribution < 1.29 is 14.3 Å². The minimum atomic E-state index is 0.248. The molecular formula is C30H32ClNO3. The fraction of sp³-hybridized carbons (Fsp3) is 0.267. The molecule has 182 valence electrons. The summed E-state index contributed by atoms with van der Waals surface area (Å²) in [5.41, 5.74) is 6.34. The first-order valence-corrected chi connectivity index (χ1v) is 12.6. The van der Waals surface area contributed by atoms with Gasteiger partial charge in [-0.1, -0.05) is 51.1 Å². The Labute approximate surface area is 212 Å². The second kappa shape index (κ2) is 11.5. The van der Waals surface area contributed by atoms with Crippen LogP contribution in [0.2, 0.25) is 5.22 Å². The maximum atomic E-state index is 9.88. The Hall–Kier alpha value is -3.21. The van der Waals surface area contributed by atoms with E-state index in [0.717, 1.165) is 65.0 Å². The molecule has 4 aromatic rings. The predicted molar refractivity (Wildman–Crippen MR) is 145 cm³/mol. The van der Waals surface area contributed by atoms with Crippen LogP contribution in [0.15, 0.2) is 77.2 Å². The van der Waals surface area contributed by atoms with Crippen LogP contribution in [0, 0.1) is 0 Å². The number of rotatable bonds is 10. The highest BCUT2D eigenvalue weighted by atomic mass is 35.5. The molecule has 0 amide bonds. The van der Waals surface area contributed by atoms with E-state index >= 15 is 0 Å². The normalized spacial score (nSPS) is 12.3. The zero-order valence-corrected chi connectivity index (χ0v) is 21.3. The molecule has 0 radical (unpaired) electrons. The quantitative estimate of drug-likeness (QED) is 0.230. The second-order valence-electron chi connectivity index (χ2n) is 8.46. The Morgan fingerprint density at radius 2 is 1.49 bits per heavy atom.